The number of nitrogens with one attached hydrogen (secondary N) is 1. The zero-order chi connectivity index (χ0) is 17.2. The van der Waals surface area contributed by atoms with Gasteiger partial charge in [0.15, 0.2) is 0 Å². The van der Waals surface area contributed by atoms with Gasteiger partial charge in [0.05, 0.1) is 13.0 Å². The molecule has 0 saturated carbocycles. The molecular weight excluding hydrogens is 328 g/mol. The molecule has 0 aromatic heterocycles. The smallest absolute Gasteiger partial charge is 0.225 e. The Bertz CT molecular complexity index is 516. The van der Waals surface area contributed by atoms with E-state index in [1.54, 1.807) is 0 Å². The molecule has 2 rings (SSSR count). The molecule has 1 saturated heterocycles. The second-order valence-electron chi connectivity index (χ2n) is 5.93. The number of alkyl halides is 1. The van der Waals surface area contributed by atoms with Crippen LogP contribution in [0.4, 0.5) is 0 Å². The minimum absolute atomic E-state index is 0.0525. The monoisotopic (exact) mass is 352 g/mol. The summed E-state index contributed by atoms with van der Waals surface area (Å²) in [5.74, 6) is 1.45. The van der Waals surface area contributed by atoms with Gasteiger partial charge in [-0.1, -0.05) is 18.2 Å². The minimum atomic E-state index is 0.0525. The van der Waals surface area contributed by atoms with Crippen LogP contribution in [0.15, 0.2) is 30.3 Å². The standard InChI is InChI=1S/C18H25ClN2O3/c19-11-4-7-17(22)20-15-8-12-21(13-9-15)18(23)10-14-24-16-5-2-1-3-6-16/h1-3,5-6,15H,4,7-14H2,(H,20,22). The van der Waals surface area contributed by atoms with E-state index in [9.17, 15) is 9.59 Å². The molecule has 0 atom stereocenters. The summed E-state index contributed by atoms with van der Waals surface area (Å²) in [6, 6.07) is 9.66. The van der Waals surface area contributed by atoms with E-state index in [1.165, 1.54) is 0 Å². The number of benzene rings is 1. The highest BCUT2D eigenvalue weighted by Gasteiger charge is 2.23. The van der Waals surface area contributed by atoms with Crippen LogP contribution in [0.5, 0.6) is 5.75 Å². The average Bonchev–Trinajstić information content (AvgIpc) is 2.61. The first-order valence-corrected chi connectivity index (χ1v) is 9.03. The van der Waals surface area contributed by atoms with Crippen LogP contribution in [0.3, 0.4) is 0 Å². The normalized spacial score (nSPS) is 15.1. The van der Waals surface area contributed by atoms with Crippen molar-refractivity contribution in [2.75, 3.05) is 25.6 Å². The van der Waals surface area contributed by atoms with E-state index in [-0.39, 0.29) is 17.9 Å². The van der Waals surface area contributed by atoms with Crippen molar-refractivity contribution >= 4 is 23.4 Å². The molecule has 1 aromatic carbocycles. The topological polar surface area (TPSA) is 58.6 Å². The van der Waals surface area contributed by atoms with Crippen molar-refractivity contribution in [3.8, 4) is 5.75 Å². The van der Waals surface area contributed by atoms with Gasteiger partial charge in [0.25, 0.3) is 0 Å². The Labute approximate surface area is 148 Å². The van der Waals surface area contributed by atoms with Crippen LogP contribution >= 0.6 is 11.6 Å². The number of carbonyl (C=O) groups excluding carboxylic acids is 2. The summed E-state index contributed by atoms with van der Waals surface area (Å²) in [5.41, 5.74) is 0. The number of nitrogens with zero attached hydrogens (tertiary/aromatic N) is 1. The number of carbonyl (C=O) groups is 2. The van der Waals surface area contributed by atoms with E-state index in [0.29, 0.717) is 44.8 Å². The average molecular weight is 353 g/mol. The number of para-hydroxylation sites is 1. The van der Waals surface area contributed by atoms with Gasteiger partial charge in [-0.15, -0.1) is 11.6 Å². The quantitative estimate of drug-likeness (QED) is 0.731. The van der Waals surface area contributed by atoms with Crippen LogP contribution < -0.4 is 10.1 Å². The van der Waals surface area contributed by atoms with Crippen molar-refractivity contribution in [2.45, 2.75) is 38.1 Å². The lowest BCUT2D eigenvalue weighted by Gasteiger charge is -2.32. The fourth-order valence-electron chi connectivity index (χ4n) is 2.73. The van der Waals surface area contributed by atoms with E-state index in [2.05, 4.69) is 5.32 Å². The number of piperidine rings is 1. The van der Waals surface area contributed by atoms with Crippen molar-refractivity contribution in [1.29, 1.82) is 0 Å². The fourth-order valence-corrected chi connectivity index (χ4v) is 2.87. The lowest BCUT2D eigenvalue weighted by atomic mass is 10.0. The third-order valence-electron chi connectivity index (χ3n) is 4.08. The number of hydrogen-bond donors (Lipinski definition) is 1. The maximum atomic E-state index is 12.2. The first kappa shape index (κ1) is 18.6. The Morgan fingerprint density at radius 1 is 1.17 bits per heavy atom. The Hall–Kier alpha value is -1.75. The summed E-state index contributed by atoms with van der Waals surface area (Å²) in [4.78, 5) is 25.8. The maximum absolute atomic E-state index is 12.2. The van der Waals surface area contributed by atoms with Gasteiger partial charge in [-0.2, -0.15) is 0 Å². The molecule has 0 aliphatic carbocycles. The zero-order valence-corrected chi connectivity index (χ0v) is 14.6. The second kappa shape index (κ2) is 10.2. The van der Waals surface area contributed by atoms with Crippen molar-refractivity contribution in [3.05, 3.63) is 30.3 Å². The molecule has 1 aliphatic rings. The number of hydrogen-bond acceptors (Lipinski definition) is 3. The lowest BCUT2D eigenvalue weighted by Crippen LogP contribution is -2.46. The van der Waals surface area contributed by atoms with E-state index >= 15 is 0 Å². The third-order valence-corrected chi connectivity index (χ3v) is 4.35. The molecule has 24 heavy (non-hydrogen) atoms. The van der Waals surface area contributed by atoms with Crippen LogP contribution in [0.2, 0.25) is 0 Å². The third kappa shape index (κ3) is 6.40. The van der Waals surface area contributed by atoms with Gasteiger partial charge in [-0.05, 0) is 31.4 Å². The maximum Gasteiger partial charge on any atom is 0.225 e. The van der Waals surface area contributed by atoms with Crippen LogP contribution in [-0.2, 0) is 9.59 Å². The summed E-state index contributed by atoms with van der Waals surface area (Å²) < 4.78 is 5.56. The van der Waals surface area contributed by atoms with E-state index in [1.807, 2.05) is 35.2 Å². The fraction of sp³-hybridized carbons (Fsp3) is 0.556. The molecule has 1 aliphatic heterocycles. The number of likely N-dealkylation sites (tertiary alicyclic amines) is 1. The highest BCUT2D eigenvalue weighted by molar-refractivity contribution is 6.17. The molecular formula is C18H25ClN2O3. The first-order valence-electron chi connectivity index (χ1n) is 8.50. The molecule has 1 N–H and O–H groups in total. The molecule has 2 amide bonds. The Morgan fingerprint density at radius 2 is 1.88 bits per heavy atom. The van der Waals surface area contributed by atoms with Crippen LogP contribution in [0.25, 0.3) is 0 Å². The summed E-state index contributed by atoms with van der Waals surface area (Å²) in [6.45, 7) is 1.76. The molecule has 0 radical (unpaired) electrons. The summed E-state index contributed by atoms with van der Waals surface area (Å²) in [7, 11) is 0. The molecule has 1 aromatic rings. The Balaban J connectivity index is 1.62. The lowest BCUT2D eigenvalue weighted by molar-refractivity contribution is -0.132. The highest BCUT2D eigenvalue weighted by Crippen LogP contribution is 2.13. The van der Waals surface area contributed by atoms with E-state index in [4.69, 9.17) is 16.3 Å². The second-order valence-corrected chi connectivity index (χ2v) is 6.30. The van der Waals surface area contributed by atoms with Gasteiger partial charge < -0.3 is 15.0 Å². The molecule has 0 unspecified atom stereocenters. The predicted octanol–water partition coefficient (Wildman–Crippen LogP) is 2.58. The molecule has 0 bridgehead atoms. The van der Waals surface area contributed by atoms with Crippen LogP contribution in [0.1, 0.15) is 32.1 Å². The Morgan fingerprint density at radius 3 is 2.54 bits per heavy atom. The van der Waals surface area contributed by atoms with Gasteiger partial charge in [-0.3, -0.25) is 9.59 Å². The van der Waals surface area contributed by atoms with Crippen molar-refractivity contribution in [1.82, 2.24) is 10.2 Å². The van der Waals surface area contributed by atoms with Crippen LogP contribution in [0, 0.1) is 0 Å². The first-order chi connectivity index (χ1) is 11.7. The van der Waals surface area contributed by atoms with E-state index < -0.39 is 0 Å². The van der Waals surface area contributed by atoms with Gasteiger partial charge in [0, 0.05) is 31.4 Å². The zero-order valence-electron chi connectivity index (χ0n) is 13.9. The summed E-state index contributed by atoms with van der Waals surface area (Å²) in [6.07, 6.45) is 3.16. The molecule has 5 nitrogen and oxygen atoms in total. The van der Waals surface area contributed by atoms with Gasteiger partial charge in [0.2, 0.25) is 11.8 Å². The molecule has 1 heterocycles. The molecule has 0 spiro atoms. The number of amides is 2. The highest BCUT2D eigenvalue weighted by atomic mass is 35.5. The van der Waals surface area contributed by atoms with Crippen LogP contribution in [-0.4, -0.2) is 48.3 Å². The largest absolute Gasteiger partial charge is 0.493 e. The number of halogens is 1. The van der Waals surface area contributed by atoms with Crippen molar-refractivity contribution < 1.29 is 14.3 Å². The van der Waals surface area contributed by atoms with Gasteiger partial charge in [-0.25, -0.2) is 0 Å². The minimum Gasteiger partial charge on any atom is -0.493 e. The molecule has 132 valence electrons. The molecule has 1 fully saturated rings. The van der Waals surface area contributed by atoms with Crippen molar-refractivity contribution in [2.24, 2.45) is 0 Å². The van der Waals surface area contributed by atoms with Gasteiger partial charge in [0.1, 0.15) is 5.75 Å². The summed E-state index contributed by atoms with van der Waals surface area (Å²) in [5, 5.41) is 3.02. The molecule has 6 heteroatoms. The number of rotatable bonds is 8. The number of ether oxygens (including phenoxy) is 1. The SMILES string of the molecule is O=C(CCCCl)NC1CCN(C(=O)CCOc2ccccc2)CC1. The van der Waals surface area contributed by atoms with E-state index in [0.717, 1.165) is 18.6 Å². The van der Waals surface area contributed by atoms with Gasteiger partial charge >= 0.3 is 0 Å². The predicted molar refractivity (Wildman–Crippen MR) is 94.3 cm³/mol. The Kier molecular flexibility index (Phi) is 7.89. The summed E-state index contributed by atoms with van der Waals surface area (Å²) >= 11 is 5.59. The van der Waals surface area contributed by atoms with Crippen molar-refractivity contribution in [3.63, 3.8) is 0 Å².